The number of hydrogen-bond acceptors (Lipinski definition) is 6. The van der Waals surface area contributed by atoms with Gasteiger partial charge in [-0.25, -0.2) is 4.79 Å². The number of benzene rings is 3. The molecule has 0 saturated carbocycles. The average Bonchev–Trinajstić information content (AvgIpc) is 3.48. The number of anilines is 2. The zero-order chi connectivity index (χ0) is 38.3. The number of amides is 1. The molecule has 0 atom stereocenters. The Morgan fingerprint density at radius 2 is 1.68 bits per heavy atom. The molecule has 0 spiro atoms. The summed E-state index contributed by atoms with van der Waals surface area (Å²) in [5.41, 5.74) is 9.41. The number of nitrogens with zero attached hydrogens (tertiary/aromatic N) is 6. The number of carbonyl (C=O) groups is 2. The minimum absolute atomic E-state index is 0.133. The summed E-state index contributed by atoms with van der Waals surface area (Å²) in [6.45, 7) is 10.9. The molecule has 0 bridgehead atoms. The normalized spacial score (nSPS) is 13.2. The van der Waals surface area contributed by atoms with E-state index >= 15 is 4.79 Å². The van der Waals surface area contributed by atoms with Crippen molar-refractivity contribution in [3.63, 3.8) is 0 Å². The first-order chi connectivity index (χ1) is 25.2. The third kappa shape index (κ3) is 7.50. The lowest BCUT2D eigenvalue weighted by atomic mass is 9.98. The maximum atomic E-state index is 15.1. The molecule has 1 amide bonds. The lowest BCUT2D eigenvalue weighted by molar-refractivity contribution is 0.0696. The highest BCUT2D eigenvalue weighted by Gasteiger charge is 2.33. The van der Waals surface area contributed by atoms with E-state index < -0.39 is 5.97 Å². The molecule has 12 heteroatoms. The number of likely N-dealkylation sites (N-methyl/N-ethyl adjacent to an activating group) is 2. The van der Waals surface area contributed by atoms with E-state index in [9.17, 15) is 9.90 Å². The van der Waals surface area contributed by atoms with Crippen molar-refractivity contribution in [1.82, 2.24) is 19.2 Å². The molecular formula is C41H48Cl2N6O4. The molecule has 10 nitrogen and oxygen atoms in total. The second kappa shape index (κ2) is 15.5. The number of aromatic nitrogens is 3. The van der Waals surface area contributed by atoms with Gasteiger partial charge in [-0.05, 0) is 114 Å². The molecule has 3 heterocycles. The molecule has 1 N–H and O–H groups in total. The molecule has 2 aromatic heterocycles. The van der Waals surface area contributed by atoms with Crippen LogP contribution in [0.3, 0.4) is 0 Å². The minimum Gasteiger partial charge on any atom is -0.494 e. The minimum atomic E-state index is -1.04. The van der Waals surface area contributed by atoms with E-state index in [1.54, 1.807) is 17.0 Å². The zero-order valence-corrected chi connectivity index (χ0v) is 33.3. The van der Waals surface area contributed by atoms with Gasteiger partial charge in [0.2, 0.25) is 0 Å². The Kier molecular flexibility index (Phi) is 11.1. The van der Waals surface area contributed by atoms with Gasteiger partial charge >= 0.3 is 5.97 Å². The van der Waals surface area contributed by atoms with Crippen LogP contribution in [0.4, 0.5) is 11.4 Å². The van der Waals surface area contributed by atoms with Crippen LogP contribution in [0.1, 0.15) is 61.8 Å². The molecule has 0 radical (unpaired) electrons. The van der Waals surface area contributed by atoms with Crippen LogP contribution in [-0.4, -0.2) is 83.6 Å². The molecule has 1 aliphatic rings. The highest BCUT2D eigenvalue weighted by Crippen LogP contribution is 2.43. The number of aryl methyl sites for hydroxylation is 6. The maximum Gasteiger partial charge on any atom is 0.335 e. The van der Waals surface area contributed by atoms with Gasteiger partial charge in [-0.3, -0.25) is 9.48 Å². The molecule has 0 aliphatic carbocycles. The van der Waals surface area contributed by atoms with Crippen LogP contribution in [0.25, 0.3) is 22.0 Å². The number of carboxylic acids is 1. The first-order valence-corrected chi connectivity index (χ1v) is 18.7. The van der Waals surface area contributed by atoms with Crippen LogP contribution in [0.5, 0.6) is 5.75 Å². The molecule has 5 aromatic rings. The Morgan fingerprint density at radius 1 is 0.962 bits per heavy atom. The molecule has 1 aliphatic heterocycles. The molecule has 6 rings (SSSR count). The summed E-state index contributed by atoms with van der Waals surface area (Å²) in [4.78, 5) is 33.3. The Morgan fingerprint density at radius 3 is 2.32 bits per heavy atom. The zero-order valence-electron chi connectivity index (χ0n) is 31.8. The van der Waals surface area contributed by atoms with Crippen molar-refractivity contribution in [3.05, 3.63) is 91.8 Å². The number of halogens is 2. The third-order valence-electron chi connectivity index (χ3n) is 10.3. The highest BCUT2D eigenvalue weighted by atomic mass is 35.5. The van der Waals surface area contributed by atoms with Crippen LogP contribution in [0.15, 0.2) is 42.5 Å². The van der Waals surface area contributed by atoms with Crippen molar-refractivity contribution in [3.8, 4) is 16.9 Å². The Hall–Kier alpha value is -4.51. The predicted molar refractivity (Wildman–Crippen MR) is 215 cm³/mol. The average molecular weight is 760 g/mol. The van der Waals surface area contributed by atoms with E-state index in [4.69, 9.17) is 33.0 Å². The lowest BCUT2D eigenvalue weighted by Crippen LogP contribution is -2.32. The van der Waals surface area contributed by atoms with Crippen molar-refractivity contribution in [2.45, 2.75) is 53.5 Å². The van der Waals surface area contributed by atoms with Gasteiger partial charge in [0.1, 0.15) is 11.4 Å². The van der Waals surface area contributed by atoms with E-state index in [-0.39, 0.29) is 11.5 Å². The number of carboxylic acid groups (broad SMARTS) is 1. The Balaban J connectivity index is 1.47. The summed E-state index contributed by atoms with van der Waals surface area (Å²) < 4.78 is 10.2. The van der Waals surface area contributed by atoms with E-state index in [1.807, 2.05) is 95.8 Å². The maximum absolute atomic E-state index is 15.1. The van der Waals surface area contributed by atoms with Gasteiger partial charge in [-0.15, -0.1) is 0 Å². The molecular weight excluding hydrogens is 711 g/mol. The second-order valence-electron chi connectivity index (χ2n) is 14.4. The fourth-order valence-electron chi connectivity index (χ4n) is 7.45. The topological polar surface area (TPSA) is 96.1 Å². The Bertz CT molecular complexity index is 2200. The molecule has 53 heavy (non-hydrogen) atoms. The van der Waals surface area contributed by atoms with Gasteiger partial charge in [-0.1, -0.05) is 29.3 Å². The van der Waals surface area contributed by atoms with Crippen LogP contribution in [0, 0.1) is 27.7 Å². The summed E-state index contributed by atoms with van der Waals surface area (Å²) in [7, 11) is 7.87. The first-order valence-electron chi connectivity index (χ1n) is 18.0. The number of fused-ring (bicyclic) bond motifs is 3. The van der Waals surface area contributed by atoms with Crippen molar-refractivity contribution in [1.29, 1.82) is 0 Å². The van der Waals surface area contributed by atoms with Gasteiger partial charge in [0, 0.05) is 78.9 Å². The fraction of sp³-hybridized carbons (Fsp3) is 0.390. The van der Waals surface area contributed by atoms with Crippen molar-refractivity contribution >= 4 is 57.4 Å². The smallest absolute Gasteiger partial charge is 0.335 e. The largest absolute Gasteiger partial charge is 0.494 e. The summed E-state index contributed by atoms with van der Waals surface area (Å²) in [5.74, 6) is -0.461. The van der Waals surface area contributed by atoms with Crippen molar-refractivity contribution in [2.75, 3.05) is 57.2 Å². The van der Waals surface area contributed by atoms with Gasteiger partial charge in [0.25, 0.3) is 5.91 Å². The standard InChI is InChI=1S/C41H48Cl2N6O4/c1-24-19-31(20-25(2)37(24)43)53-18-9-11-32-33-12-13-34(42)36(35-26(3)44-47(8)27(35)4)38(33)49-15-10-14-48(40(50)39(32)49)30-22-28(41(51)52)21-29(23-30)46(7)17-16-45(5)6/h12-13,19-23H,9-11,14-18H2,1-8H3,(H,51,52). The molecule has 280 valence electrons. The molecule has 0 saturated heterocycles. The summed E-state index contributed by atoms with van der Waals surface area (Å²) in [6, 6.07) is 13.0. The number of ether oxygens (including phenoxy) is 1. The summed E-state index contributed by atoms with van der Waals surface area (Å²) in [6.07, 6.45) is 1.88. The van der Waals surface area contributed by atoms with E-state index in [0.29, 0.717) is 61.9 Å². The number of carbonyl (C=O) groups excluding carboxylic acids is 1. The Labute approximate surface area is 321 Å². The quantitative estimate of drug-likeness (QED) is 0.128. The summed E-state index contributed by atoms with van der Waals surface area (Å²) >= 11 is 13.5. The number of rotatable bonds is 12. The van der Waals surface area contributed by atoms with E-state index in [0.717, 1.165) is 73.1 Å². The third-order valence-corrected chi connectivity index (χ3v) is 11.2. The van der Waals surface area contributed by atoms with Gasteiger partial charge in [-0.2, -0.15) is 5.10 Å². The highest BCUT2D eigenvalue weighted by molar-refractivity contribution is 6.35. The first kappa shape index (κ1) is 38.2. The van der Waals surface area contributed by atoms with E-state index in [1.165, 1.54) is 0 Å². The van der Waals surface area contributed by atoms with Crippen LogP contribution in [0.2, 0.25) is 10.0 Å². The van der Waals surface area contributed by atoms with E-state index in [2.05, 4.69) is 9.47 Å². The molecule has 0 fully saturated rings. The summed E-state index contributed by atoms with van der Waals surface area (Å²) in [5, 5.41) is 17.1. The fourth-order valence-corrected chi connectivity index (χ4v) is 7.81. The van der Waals surface area contributed by atoms with Gasteiger partial charge in [0.15, 0.2) is 0 Å². The van der Waals surface area contributed by atoms with Crippen molar-refractivity contribution < 1.29 is 19.4 Å². The molecule has 3 aromatic carbocycles. The van der Waals surface area contributed by atoms with Crippen LogP contribution in [-0.2, 0) is 20.0 Å². The van der Waals surface area contributed by atoms with Gasteiger partial charge < -0.3 is 29.1 Å². The lowest BCUT2D eigenvalue weighted by Gasteiger charge is -2.26. The van der Waals surface area contributed by atoms with Crippen molar-refractivity contribution in [2.24, 2.45) is 7.05 Å². The van der Waals surface area contributed by atoms with Crippen LogP contribution >= 0.6 is 23.2 Å². The second-order valence-corrected chi connectivity index (χ2v) is 15.2. The molecule has 0 unspecified atom stereocenters. The predicted octanol–water partition coefficient (Wildman–Crippen LogP) is 8.34. The monoisotopic (exact) mass is 758 g/mol. The SMILES string of the molecule is Cc1cc(OCCCc2c3n(c4c(-c5c(C)nn(C)c5C)c(Cl)ccc24)CCCN(c2cc(C(=O)O)cc(N(C)CCN(C)C)c2)C3=O)cc(C)c1Cl. The van der Waals surface area contributed by atoms with Gasteiger partial charge in [0.05, 0.1) is 28.4 Å². The number of hydrogen-bond donors (Lipinski definition) is 1. The number of aromatic carboxylic acids is 1. The van der Waals surface area contributed by atoms with Crippen LogP contribution < -0.4 is 14.5 Å².